The van der Waals surface area contributed by atoms with Crippen molar-refractivity contribution >= 4 is 35.8 Å². The number of likely N-dealkylation sites (tertiary alicyclic amines) is 1. The van der Waals surface area contributed by atoms with Crippen molar-refractivity contribution in [1.82, 2.24) is 15.2 Å². The summed E-state index contributed by atoms with van der Waals surface area (Å²) >= 11 is 0. The zero-order chi connectivity index (χ0) is 19.1. The summed E-state index contributed by atoms with van der Waals surface area (Å²) in [5, 5.41) is 3.36. The molecule has 0 saturated carbocycles. The second-order valence-corrected chi connectivity index (χ2v) is 6.84. The number of amides is 1. The Bertz CT molecular complexity index is 666. The summed E-state index contributed by atoms with van der Waals surface area (Å²) in [6.07, 6.45) is 4.34. The van der Waals surface area contributed by atoms with Crippen LogP contribution in [0.4, 0.5) is 0 Å². The molecule has 1 aromatic rings. The van der Waals surface area contributed by atoms with Crippen molar-refractivity contribution in [2.75, 3.05) is 26.7 Å². The minimum atomic E-state index is -0.231. The molecule has 2 heterocycles. The maximum Gasteiger partial charge on any atom is 0.217 e. The summed E-state index contributed by atoms with van der Waals surface area (Å²) in [7, 11) is 1.68. The van der Waals surface area contributed by atoms with E-state index >= 15 is 0 Å². The predicted molar refractivity (Wildman–Crippen MR) is 119 cm³/mol. The molecular formula is C19H32IN5O2. The van der Waals surface area contributed by atoms with Gasteiger partial charge in [-0.05, 0) is 39.5 Å². The highest BCUT2D eigenvalue weighted by molar-refractivity contribution is 14.0. The number of piperidine rings is 1. The molecule has 2 rings (SSSR count). The van der Waals surface area contributed by atoms with E-state index in [4.69, 9.17) is 15.5 Å². The van der Waals surface area contributed by atoms with E-state index in [-0.39, 0.29) is 29.9 Å². The van der Waals surface area contributed by atoms with Crippen molar-refractivity contribution in [1.29, 1.82) is 0 Å². The van der Waals surface area contributed by atoms with E-state index in [0.717, 1.165) is 61.0 Å². The van der Waals surface area contributed by atoms with Gasteiger partial charge in [0.15, 0.2) is 5.96 Å². The number of aryl methyl sites for hydroxylation is 1. The van der Waals surface area contributed by atoms with Gasteiger partial charge < -0.3 is 20.7 Å². The van der Waals surface area contributed by atoms with Crippen LogP contribution < -0.4 is 15.8 Å². The van der Waals surface area contributed by atoms with Crippen LogP contribution in [-0.4, -0.2) is 48.5 Å². The number of halogens is 1. The SMILES string of the molecule is CCNC(=NCc1ncc(C)c(OC)c1C)N1CCCC(CC(N)=O)C1.I. The largest absolute Gasteiger partial charge is 0.496 e. The number of nitrogens with one attached hydrogen (secondary N) is 1. The monoisotopic (exact) mass is 489 g/mol. The number of nitrogens with two attached hydrogens (primary N) is 1. The van der Waals surface area contributed by atoms with Gasteiger partial charge in [0.1, 0.15) is 5.75 Å². The van der Waals surface area contributed by atoms with E-state index in [9.17, 15) is 4.79 Å². The molecule has 0 spiro atoms. The molecule has 152 valence electrons. The topological polar surface area (TPSA) is 92.8 Å². The van der Waals surface area contributed by atoms with Gasteiger partial charge in [0.25, 0.3) is 0 Å². The zero-order valence-corrected chi connectivity index (χ0v) is 19.1. The molecule has 1 aliphatic rings. The van der Waals surface area contributed by atoms with Gasteiger partial charge in [-0.25, -0.2) is 4.99 Å². The molecular weight excluding hydrogens is 457 g/mol. The third-order valence-electron chi connectivity index (χ3n) is 4.77. The van der Waals surface area contributed by atoms with E-state index in [1.165, 1.54) is 0 Å². The first-order valence-electron chi connectivity index (χ1n) is 9.26. The molecule has 7 nitrogen and oxygen atoms in total. The summed E-state index contributed by atoms with van der Waals surface area (Å²) in [6, 6.07) is 0. The lowest BCUT2D eigenvalue weighted by Gasteiger charge is -2.34. The zero-order valence-electron chi connectivity index (χ0n) is 16.7. The number of aliphatic imine (C=N–C) groups is 1. The standard InChI is InChI=1S/C19H31N5O2.HI/c1-5-21-19(24-8-6-7-15(12-24)9-17(20)25)23-11-16-14(3)18(26-4)13(2)10-22-16;/h10,15H,5-9,11-12H2,1-4H3,(H2,20,25)(H,21,23);1H. The van der Waals surface area contributed by atoms with E-state index in [0.29, 0.717) is 18.9 Å². The molecule has 3 N–H and O–H groups in total. The number of nitrogens with zero attached hydrogens (tertiary/aromatic N) is 3. The average molecular weight is 489 g/mol. The summed E-state index contributed by atoms with van der Waals surface area (Å²) in [5.41, 5.74) is 8.33. The maximum absolute atomic E-state index is 11.2. The van der Waals surface area contributed by atoms with Crippen LogP contribution in [0.2, 0.25) is 0 Å². The number of rotatable bonds is 6. The van der Waals surface area contributed by atoms with Crippen LogP contribution >= 0.6 is 24.0 Å². The van der Waals surface area contributed by atoms with E-state index in [2.05, 4.69) is 22.1 Å². The molecule has 27 heavy (non-hydrogen) atoms. The second-order valence-electron chi connectivity index (χ2n) is 6.84. The lowest BCUT2D eigenvalue weighted by molar-refractivity contribution is -0.119. The van der Waals surface area contributed by atoms with Gasteiger partial charge in [-0.15, -0.1) is 24.0 Å². The number of primary amides is 1. The Morgan fingerprint density at radius 1 is 1.48 bits per heavy atom. The number of hydrogen-bond acceptors (Lipinski definition) is 4. The van der Waals surface area contributed by atoms with E-state index < -0.39 is 0 Å². The van der Waals surface area contributed by atoms with Crippen LogP contribution in [0.3, 0.4) is 0 Å². The third-order valence-corrected chi connectivity index (χ3v) is 4.77. The van der Waals surface area contributed by atoms with Gasteiger partial charge >= 0.3 is 0 Å². The molecule has 1 fully saturated rings. The number of carbonyl (C=O) groups excluding carboxylic acids is 1. The van der Waals surface area contributed by atoms with Crippen molar-refractivity contribution < 1.29 is 9.53 Å². The quantitative estimate of drug-likeness (QED) is 0.364. The van der Waals surface area contributed by atoms with Crippen molar-refractivity contribution in [3.05, 3.63) is 23.0 Å². The Balaban J connectivity index is 0.00000364. The highest BCUT2D eigenvalue weighted by Gasteiger charge is 2.23. The number of methoxy groups -OCH3 is 1. The molecule has 1 saturated heterocycles. The summed E-state index contributed by atoms with van der Waals surface area (Å²) < 4.78 is 5.48. The highest BCUT2D eigenvalue weighted by Crippen LogP contribution is 2.24. The van der Waals surface area contributed by atoms with E-state index in [1.807, 2.05) is 20.0 Å². The molecule has 1 aliphatic heterocycles. The number of carbonyl (C=O) groups is 1. The van der Waals surface area contributed by atoms with Crippen LogP contribution in [0, 0.1) is 19.8 Å². The molecule has 1 atom stereocenters. The van der Waals surface area contributed by atoms with Crippen LogP contribution in [0.15, 0.2) is 11.2 Å². The van der Waals surface area contributed by atoms with Crippen molar-refractivity contribution in [2.24, 2.45) is 16.6 Å². The maximum atomic E-state index is 11.2. The van der Waals surface area contributed by atoms with Gasteiger partial charge in [0.2, 0.25) is 5.91 Å². The number of guanidine groups is 1. The van der Waals surface area contributed by atoms with Crippen LogP contribution in [0.5, 0.6) is 5.75 Å². The van der Waals surface area contributed by atoms with Crippen molar-refractivity contribution in [3.63, 3.8) is 0 Å². The Morgan fingerprint density at radius 2 is 2.22 bits per heavy atom. The average Bonchev–Trinajstić information content (AvgIpc) is 2.60. The Kier molecular flexibility index (Phi) is 9.82. The number of hydrogen-bond donors (Lipinski definition) is 2. The lowest BCUT2D eigenvalue weighted by atomic mass is 9.95. The van der Waals surface area contributed by atoms with Gasteiger partial charge in [0, 0.05) is 43.4 Å². The number of aromatic nitrogens is 1. The van der Waals surface area contributed by atoms with E-state index in [1.54, 1.807) is 7.11 Å². The number of pyridine rings is 1. The fraction of sp³-hybridized carbons (Fsp3) is 0.632. The van der Waals surface area contributed by atoms with Crippen molar-refractivity contribution in [2.45, 2.75) is 46.6 Å². The van der Waals surface area contributed by atoms with Crippen LogP contribution in [0.25, 0.3) is 0 Å². The van der Waals surface area contributed by atoms with Crippen LogP contribution in [0.1, 0.15) is 43.0 Å². The smallest absolute Gasteiger partial charge is 0.217 e. The Hall–Kier alpha value is -1.58. The minimum absolute atomic E-state index is 0. The first-order valence-corrected chi connectivity index (χ1v) is 9.26. The summed E-state index contributed by atoms with van der Waals surface area (Å²) in [5.74, 6) is 1.80. The molecule has 0 bridgehead atoms. The van der Waals surface area contributed by atoms with Crippen LogP contribution in [-0.2, 0) is 11.3 Å². The minimum Gasteiger partial charge on any atom is -0.496 e. The van der Waals surface area contributed by atoms with Gasteiger partial charge in [0.05, 0.1) is 19.3 Å². The third kappa shape index (κ3) is 6.51. The molecule has 1 aromatic heterocycles. The molecule has 0 aliphatic carbocycles. The fourth-order valence-corrected chi connectivity index (χ4v) is 3.51. The Labute approximate surface area is 179 Å². The summed E-state index contributed by atoms with van der Waals surface area (Å²) in [4.78, 5) is 22.8. The molecule has 1 unspecified atom stereocenters. The molecule has 0 radical (unpaired) electrons. The molecule has 0 aromatic carbocycles. The summed E-state index contributed by atoms with van der Waals surface area (Å²) in [6.45, 7) is 9.08. The fourth-order valence-electron chi connectivity index (χ4n) is 3.51. The first kappa shape index (κ1) is 23.5. The predicted octanol–water partition coefficient (Wildman–Crippen LogP) is 2.38. The highest BCUT2D eigenvalue weighted by atomic mass is 127. The van der Waals surface area contributed by atoms with Gasteiger partial charge in [-0.1, -0.05) is 0 Å². The number of ether oxygens (including phenoxy) is 1. The van der Waals surface area contributed by atoms with Crippen molar-refractivity contribution in [3.8, 4) is 5.75 Å². The first-order chi connectivity index (χ1) is 12.5. The molecule has 8 heteroatoms. The lowest BCUT2D eigenvalue weighted by Crippen LogP contribution is -2.47. The second kappa shape index (κ2) is 11.3. The van der Waals surface area contributed by atoms with Gasteiger partial charge in [-0.3, -0.25) is 9.78 Å². The Morgan fingerprint density at radius 3 is 2.85 bits per heavy atom. The normalized spacial score (nSPS) is 17.3. The van der Waals surface area contributed by atoms with Gasteiger partial charge in [-0.2, -0.15) is 0 Å². The molecule has 1 amide bonds.